The summed E-state index contributed by atoms with van der Waals surface area (Å²) in [4.78, 5) is 15.2. The van der Waals surface area contributed by atoms with Crippen LogP contribution in [0.2, 0.25) is 0 Å². The molecule has 0 aliphatic carbocycles. The molecule has 0 amide bonds. The van der Waals surface area contributed by atoms with E-state index in [2.05, 4.69) is 11.9 Å². The molecular formula is C14H15NO3S. The summed E-state index contributed by atoms with van der Waals surface area (Å²) in [6, 6.07) is 6.37. The number of nitrogens with zero attached hydrogens (tertiary/aromatic N) is 1. The molecule has 2 aromatic rings. The number of aryl methyl sites for hydroxylation is 1. The van der Waals surface area contributed by atoms with Gasteiger partial charge in [0.05, 0.1) is 16.3 Å². The zero-order valence-corrected chi connectivity index (χ0v) is 11.4. The van der Waals surface area contributed by atoms with E-state index < -0.39 is 5.97 Å². The maximum Gasteiger partial charge on any atom is 0.335 e. The number of aromatic nitrogens is 1. The molecule has 0 aliphatic rings. The number of carboxylic acid groups (broad SMARTS) is 1. The van der Waals surface area contributed by atoms with Crippen LogP contribution in [0.3, 0.4) is 0 Å². The van der Waals surface area contributed by atoms with Gasteiger partial charge in [0.2, 0.25) is 0 Å². The van der Waals surface area contributed by atoms with Gasteiger partial charge in [-0.2, -0.15) is 0 Å². The molecule has 4 nitrogen and oxygen atoms in total. The maximum atomic E-state index is 10.7. The van der Waals surface area contributed by atoms with Crippen molar-refractivity contribution in [1.29, 1.82) is 0 Å². The molecule has 0 fully saturated rings. The summed E-state index contributed by atoms with van der Waals surface area (Å²) in [6.45, 7) is 2.54. The second kappa shape index (κ2) is 6.33. The van der Waals surface area contributed by atoms with E-state index in [-0.39, 0.29) is 5.56 Å². The van der Waals surface area contributed by atoms with E-state index in [1.807, 2.05) is 5.38 Å². The molecule has 0 atom stereocenters. The lowest BCUT2D eigenvalue weighted by Crippen LogP contribution is -1.98. The Morgan fingerprint density at radius 1 is 1.37 bits per heavy atom. The summed E-state index contributed by atoms with van der Waals surface area (Å²) in [5.74, 6) is -0.287. The van der Waals surface area contributed by atoms with Gasteiger partial charge in [-0.25, -0.2) is 9.78 Å². The first-order chi connectivity index (χ1) is 9.19. The number of carboxylic acids is 1. The van der Waals surface area contributed by atoms with E-state index in [1.165, 1.54) is 12.1 Å². The predicted molar refractivity (Wildman–Crippen MR) is 73.8 cm³/mol. The number of carbonyl (C=O) groups is 1. The molecule has 1 heterocycles. The van der Waals surface area contributed by atoms with Crippen LogP contribution in [0.4, 0.5) is 0 Å². The van der Waals surface area contributed by atoms with E-state index in [9.17, 15) is 4.79 Å². The molecule has 19 heavy (non-hydrogen) atoms. The van der Waals surface area contributed by atoms with Gasteiger partial charge >= 0.3 is 5.97 Å². The summed E-state index contributed by atoms with van der Waals surface area (Å²) in [7, 11) is 0. The fourth-order valence-electron chi connectivity index (χ4n) is 1.59. The van der Waals surface area contributed by atoms with Crippen molar-refractivity contribution in [2.24, 2.45) is 0 Å². The molecule has 0 aliphatic heterocycles. The summed E-state index contributed by atoms with van der Waals surface area (Å²) in [5, 5.41) is 11.9. The lowest BCUT2D eigenvalue weighted by atomic mass is 10.2. The van der Waals surface area contributed by atoms with Gasteiger partial charge in [0.1, 0.15) is 12.4 Å². The fraction of sp³-hybridized carbons (Fsp3) is 0.286. The quantitative estimate of drug-likeness (QED) is 0.879. The molecule has 0 saturated heterocycles. The second-order valence-electron chi connectivity index (χ2n) is 4.10. The average molecular weight is 277 g/mol. The van der Waals surface area contributed by atoms with Gasteiger partial charge in [0.15, 0.2) is 0 Å². The summed E-state index contributed by atoms with van der Waals surface area (Å²) >= 11 is 1.65. The van der Waals surface area contributed by atoms with Crippen LogP contribution in [0.25, 0.3) is 0 Å². The SMILES string of the molecule is CCCc1nc(COc2ccc(C(=O)O)cc2)cs1. The van der Waals surface area contributed by atoms with Gasteiger partial charge in [-0.3, -0.25) is 0 Å². The van der Waals surface area contributed by atoms with Crippen LogP contribution in [0, 0.1) is 0 Å². The molecule has 100 valence electrons. The maximum absolute atomic E-state index is 10.7. The number of hydrogen-bond acceptors (Lipinski definition) is 4. The van der Waals surface area contributed by atoms with Crippen molar-refractivity contribution in [2.45, 2.75) is 26.4 Å². The van der Waals surface area contributed by atoms with Crippen molar-refractivity contribution in [3.8, 4) is 5.75 Å². The first kappa shape index (κ1) is 13.5. The number of hydrogen-bond donors (Lipinski definition) is 1. The molecule has 1 aromatic heterocycles. The number of ether oxygens (including phenoxy) is 1. The fourth-order valence-corrected chi connectivity index (χ4v) is 2.48. The monoisotopic (exact) mass is 277 g/mol. The zero-order valence-electron chi connectivity index (χ0n) is 10.6. The van der Waals surface area contributed by atoms with Crippen LogP contribution in [0.5, 0.6) is 5.75 Å². The Bertz CT molecular complexity index is 548. The van der Waals surface area contributed by atoms with Crippen molar-refractivity contribution in [3.05, 3.63) is 45.9 Å². The van der Waals surface area contributed by atoms with Gasteiger partial charge in [-0.1, -0.05) is 6.92 Å². The minimum absolute atomic E-state index is 0.256. The Kier molecular flexibility index (Phi) is 4.52. The molecular weight excluding hydrogens is 262 g/mol. The highest BCUT2D eigenvalue weighted by atomic mass is 32.1. The Morgan fingerprint density at radius 3 is 2.74 bits per heavy atom. The summed E-state index contributed by atoms with van der Waals surface area (Å²) < 4.78 is 5.57. The van der Waals surface area contributed by atoms with E-state index in [0.29, 0.717) is 12.4 Å². The van der Waals surface area contributed by atoms with Crippen LogP contribution < -0.4 is 4.74 Å². The van der Waals surface area contributed by atoms with Gasteiger partial charge in [0, 0.05) is 5.38 Å². The van der Waals surface area contributed by atoms with Crippen LogP contribution in [-0.4, -0.2) is 16.1 Å². The normalized spacial score (nSPS) is 10.4. The minimum Gasteiger partial charge on any atom is -0.487 e. The van der Waals surface area contributed by atoms with Crippen molar-refractivity contribution >= 4 is 17.3 Å². The molecule has 0 radical (unpaired) electrons. The summed E-state index contributed by atoms with van der Waals surface area (Å²) in [5.41, 5.74) is 1.17. The standard InChI is InChI=1S/C14H15NO3S/c1-2-3-13-15-11(9-19-13)8-18-12-6-4-10(5-7-12)14(16)17/h4-7,9H,2-3,8H2,1H3,(H,16,17). The molecule has 5 heteroatoms. The van der Waals surface area contributed by atoms with Crippen molar-refractivity contribution < 1.29 is 14.6 Å². The van der Waals surface area contributed by atoms with Crippen molar-refractivity contribution in [2.75, 3.05) is 0 Å². The smallest absolute Gasteiger partial charge is 0.335 e. The molecule has 0 saturated carbocycles. The number of thiazole rings is 1. The Labute approximate surface area is 115 Å². The third kappa shape index (κ3) is 3.79. The van der Waals surface area contributed by atoms with Crippen LogP contribution >= 0.6 is 11.3 Å². The first-order valence-corrected chi connectivity index (χ1v) is 6.96. The largest absolute Gasteiger partial charge is 0.487 e. The van der Waals surface area contributed by atoms with E-state index in [0.717, 1.165) is 23.5 Å². The van der Waals surface area contributed by atoms with Crippen LogP contribution in [0.1, 0.15) is 34.4 Å². The van der Waals surface area contributed by atoms with Crippen molar-refractivity contribution in [3.63, 3.8) is 0 Å². The highest BCUT2D eigenvalue weighted by molar-refractivity contribution is 7.09. The van der Waals surface area contributed by atoms with Gasteiger partial charge in [0.25, 0.3) is 0 Å². The van der Waals surface area contributed by atoms with Gasteiger partial charge in [-0.05, 0) is 37.1 Å². The summed E-state index contributed by atoms with van der Waals surface area (Å²) in [6.07, 6.45) is 2.09. The van der Waals surface area contributed by atoms with Gasteiger partial charge in [-0.15, -0.1) is 11.3 Å². The molecule has 2 rings (SSSR count). The zero-order chi connectivity index (χ0) is 13.7. The minimum atomic E-state index is -0.935. The molecule has 0 unspecified atom stereocenters. The molecule has 0 bridgehead atoms. The average Bonchev–Trinajstić information content (AvgIpc) is 2.85. The lowest BCUT2D eigenvalue weighted by Gasteiger charge is -2.04. The van der Waals surface area contributed by atoms with Crippen LogP contribution in [0.15, 0.2) is 29.6 Å². The predicted octanol–water partition coefficient (Wildman–Crippen LogP) is 3.37. The highest BCUT2D eigenvalue weighted by Gasteiger charge is 2.04. The lowest BCUT2D eigenvalue weighted by molar-refractivity contribution is 0.0697. The molecule has 1 aromatic carbocycles. The topological polar surface area (TPSA) is 59.4 Å². The number of aromatic carboxylic acids is 1. The number of rotatable bonds is 6. The van der Waals surface area contributed by atoms with Crippen LogP contribution in [-0.2, 0) is 13.0 Å². The second-order valence-corrected chi connectivity index (χ2v) is 5.04. The third-order valence-electron chi connectivity index (χ3n) is 2.55. The van der Waals surface area contributed by atoms with Gasteiger partial charge < -0.3 is 9.84 Å². The Hall–Kier alpha value is -1.88. The van der Waals surface area contributed by atoms with E-state index in [1.54, 1.807) is 23.5 Å². The highest BCUT2D eigenvalue weighted by Crippen LogP contribution is 2.16. The van der Waals surface area contributed by atoms with E-state index >= 15 is 0 Å². The Balaban J connectivity index is 1.92. The molecule has 0 spiro atoms. The third-order valence-corrected chi connectivity index (χ3v) is 3.51. The van der Waals surface area contributed by atoms with E-state index in [4.69, 9.17) is 9.84 Å². The molecule has 1 N–H and O–H groups in total. The van der Waals surface area contributed by atoms with Crippen molar-refractivity contribution in [1.82, 2.24) is 4.98 Å². The first-order valence-electron chi connectivity index (χ1n) is 6.08. The Morgan fingerprint density at radius 2 is 2.11 bits per heavy atom. The number of benzene rings is 1.